The smallest absolute Gasteiger partial charge is 0.329 e. The number of terminal acetylenes is 1. The molecule has 6 heteroatoms. The van der Waals surface area contributed by atoms with E-state index in [9.17, 15) is 14.0 Å². The summed E-state index contributed by atoms with van der Waals surface area (Å²) in [4.78, 5) is 25.6. The van der Waals surface area contributed by atoms with Crippen LogP contribution in [0.2, 0.25) is 0 Å². The van der Waals surface area contributed by atoms with Gasteiger partial charge in [0, 0.05) is 0 Å². The molecule has 0 saturated carbocycles. The van der Waals surface area contributed by atoms with Gasteiger partial charge in [-0.3, -0.25) is 9.69 Å². The van der Waals surface area contributed by atoms with Gasteiger partial charge in [0.15, 0.2) is 0 Å². The molecule has 26 heavy (non-hydrogen) atoms. The van der Waals surface area contributed by atoms with Crippen molar-refractivity contribution in [3.8, 4) is 18.1 Å². The van der Waals surface area contributed by atoms with E-state index >= 15 is 0 Å². The van der Waals surface area contributed by atoms with Crippen LogP contribution in [-0.4, -0.2) is 23.4 Å². The minimum atomic E-state index is -0.514. The number of carbonyl (C=O) groups is 2. The number of rotatable bonds is 5. The molecule has 0 aliphatic carbocycles. The van der Waals surface area contributed by atoms with Gasteiger partial charge >= 0.3 is 6.03 Å². The molecule has 1 aliphatic rings. The Morgan fingerprint density at radius 1 is 1.12 bits per heavy atom. The summed E-state index contributed by atoms with van der Waals surface area (Å²) in [6.07, 6.45) is 6.71. The average molecular weight is 350 g/mol. The number of urea groups is 1. The summed E-state index contributed by atoms with van der Waals surface area (Å²) < 4.78 is 18.2. The summed E-state index contributed by atoms with van der Waals surface area (Å²) in [5, 5.41) is 2.55. The summed E-state index contributed by atoms with van der Waals surface area (Å²) in [5.41, 5.74) is 1.56. The van der Waals surface area contributed by atoms with Crippen molar-refractivity contribution in [2.45, 2.75) is 6.54 Å². The van der Waals surface area contributed by atoms with Crippen molar-refractivity contribution in [2.24, 2.45) is 0 Å². The number of nitrogens with zero attached hydrogens (tertiary/aromatic N) is 1. The third-order valence-electron chi connectivity index (χ3n) is 3.73. The van der Waals surface area contributed by atoms with Gasteiger partial charge in [0.1, 0.15) is 23.9 Å². The van der Waals surface area contributed by atoms with Gasteiger partial charge in [0.2, 0.25) is 0 Å². The van der Waals surface area contributed by atoms with E-state index in [1.807, 2.05) is 0 Å². The Morgan fingerprint density at radius 3 is 2.46 bits per heavy atom. The molecule has 1 fully saturated rings. The van der Waals surface area contributed by atoms with E-state index in [4.69, 9.17) is 11.2 Å². The standard InChI is InChI=1S/C20H15FN2O3/c1-2-11-26-17-9-5-14(6-10-17)12-18-19(24)23(20(25)22-18)13-15-3-7-16(21)8-4-15/h1,3-10,12H,11,13H2,(H,22,25). The molecule has 0 radical (unpaired) electrons. The highest BCUT2D eigenvalue weighted by Gasteiger charge is 2.33. The Hall–Kier alpha value is -3.59. The third-order valence-corrected chi connectivity index (χ3v) is 3.73. The van der Waals surface area contributed by atoms with E-state index in [0.717, 1.165) is 10.5 Å². The van der Waals surface area contributed by atoms with Crippen LogP contribution in [0.3, 0.4) is 0 Å². The fourth-order valence-electron chi connectivity index (χ4n) is 2.44. The lowest BCUT2D eigenvalue weighted by Crippen LogP contribution is -2.30. The van der Waals surface area contributed by atoms with Crippen LogP contribution in [0.15, 0.2) is 54.2 Å². The number of imide groups is 1. The minimum absolute atomic E-state index is 0.0706. The van der Waals surface area contributed by atoms with Gasteiger partial charge in [-0.15, -0.1) is 6.42 Å². The highest BCUT2D eigenvalue weighted by molar-refractivity contribution is 6.13. The van der Waals surface area contributed by atoms with E-state index in [1.165, 1.54) is 24.3 Å². The van der Waals surface area contributed by atoms with Crippen LogP contribution in [-0.2, 0) is 11.3 Å². The van der Waals surface area contributed by atoms with E-state index in [-0.39, 0.29) is 24.7 Å². The normalized spacial score (nSPS) is 15.1. The van der Waals surface area contributed by atoms with Crippen LogP contribution in [0.5, 0.6) is 5.75 Å². The van der Waals surface area contributed by atoms with Crippen LogP contribution < -0.4 is 10.1 Å². The number of carbonyl (C=O) groups excluding carboxylic acids is 2. The summed E-state index contributed by atoms with van der Waals surface area (Å²) in [5.74, 6) is 2.18. The van der Waals surface area contributed by atoms with E-state index in [2.05, 4.69) is 11.2 Å². The summed E-state index contributed by atoms with van der Waals surface area (Å²) in [7, 11) is 0. The predicted molar refractivity (Wildman–Crippen MR) is 94.2 cm³/mol. The minimum Gasteiger partial charge on any atom is -0.481 e. The Balaban J connectivity index is 1.72. The van der Waals surface area contributed by atoms with Gasteiger partial charge in [-0.05, 0) is 41.5 Å². The molecule has 0 aromatic heterocycles. The molecule has 1 aliphatic heterocycles. The monoisotopic (exact) mass is 350 g/mol. The van der Waals surface area contributed by atoms with Crippen LogP contribution in [0.4, 0.5) is 9.18 Å². The first kappa shape index (κ1) is 17.2. The van der Waals surface area contributed by atoms with Crippen molar-refractivity contribution in [1.82, 2.24) is 10.2 Å². The SMILES string of the molecule is C#CCOc1ccc(C=C2NC(=O)N(Cc3ccc(F)cc3)C2=O)cc1. The topological polar surface area (TPSA) is 58.6 Å². The number of benzene rings is 2. The van der Waals surface area contributed by atoms with Gasteiger partial charge < -0.3 is 10.1 Å². The zero-order valence-corrected chi connectivity index (χ0v) is 13.7. The van der Waals surface area contributed by atoms with E-state index in [0.29, 0.717) is 11.3 Å². The van der Waals surface area contributed by atoms with Crippen LogP contribution in [0.25, 0.3) is 6.08 Å². The van der Waals surface area contributed by atoms with Crippen molar-refractivity contribution in [3.05, 3.63) is 71.2 Å². The molecule has 3 rings (SSSR count). The van der Waals surface area contributed by atoms with Gasteiger partial charge in [-0.1, -0.05) is 30.2 Å². The zero-order valence-electron chi connectivity index (χ0n) is 13.7. The summed E-state index contributed by atoms with van der Waals surface area (Å²) in [6, 6.07) is 12.1. The van der Waals surface area contributed by atoms with E-state index < -0.39 is 11.9 Å². The Morgan fingerprint density at radius 2 is 1.81 bits per heavy atom. The molecule has 3 amide bonds. The van der Waals surface area contributed by atoms with Crippen molar-refractivity contribution in [1.29, 1.82) is 0 Å². The highest BCUT2D eigenvalue weighted by Crippen LogP contribution is 2.19. The third kappa shape index (κ3) is 3.90. The summed E-state index contributed by atoms with van der Waals surface area (Å²) in [6.45, 7) is 0.245. The first-order valence-electron chi connectivity index (χ1n) is 7.82. The molecule has 2 aromatic rings. The fourth-order valence-corrected chi connectivity index (χ4v) is 2.44. The zero-order chi connectivity index (χ0) is 18.5. The molecule has 1 heterocycles. The summed E-state index contributed by atoms with van der Waals surface area (Å²) >= 11 is 0. The lowest BCUT2D eigenvalue weighted by atomic mass is 10.1. The average Bonchev–Trinajstić information content (AvgIpc) is 2.90. The quantitative estimate of drug-likeness (QED) is 0.512. The van der Waals surface area contributed by atoms with Crippen LogP contribution in [0.1, 0.15) is 11.1 Å². The van der Waals surface area contributed by atoms with Crippen molar-refractivity contribution < 1.29 is 18.7 Å². The molecule has 1 N–H and O–H groups in total. The second kappa shape index (κ2) is 7.53. The van der Waals surface area contributed by atoms with Gasteiger partial charge in [-0.2, -0.15) is 0 Å². The van der Waals surface area contributed by atoms with E-state index in [1.54, 1.807) is 30.3 Å². The van der Waals surface area contributed by atoms with Gasteiger partial charge in [0.25, 0.3) is 5.91 Å². The predicted octanol–water partition coefficient (Wildman–Crippen LogP) is 2.93. The number of amides is 3. The molecular formula is C20H15FN2O3. The molecular weight excluding hydrogens is 335 g/mol. The second-order valence-electron chi connectivity index (χ2n) is 5.57. The van der Waals surface area contributed by atoms with Crippen LogP contribution in [0, 0.1) is 18.2 Å². The maximum atomic E-state index is 13.0. The lowest BCUT2D eigenvalue weighted by Gasteiger charge is -2.11. The van der Waals surface area contributed by atoms with Crippen molar-refractivity contribution in [2.75, 3.05) is 6.61 Å². The number of halogens is 1. The maximum absolute atomic E-state index is 13.0. The van der Waals surface area contributed by atoms with Crippen molar-refractivity contribution in [3.63, 3.8) is 0 Å². The number of hydrogen-bond donors (Lipinski definition) is 1. The van der Waals surface area contributed by atoms with Crippen molar-refractivity contribution >= 4 is 18.0 Å². The molecule has 0 atom stereocenters. The molecule has 2 aromatic carbocycles. The Kier molecular flexibility index (Phi) is 4.99. The Bertz CT molecular complexity index is 896. The fraction of sp³-hybridized carbons (Fsp3) is 0.100. The number of nitrogens with one attached hydrogen (secondary N) is 1. The molecule has 1 saturated heterocycles. The number of hydrogen-bond acceptors (Lipinski definition) is 3. The number of ether oxygens (including phenoxy) is 1. The molecule has 0 spiro atoms. The van der Waals surface area contributed by atoms with Gasteiger partial charge in [0.05, 0.1) is 6.54 Å². The second-order valence-corrected chi connectivity index (χ2v) is 5.57. The molecule has 130 valence electrons. The Labute approximate surface area is 150 Å². The molecule has 0 bridgehead atoms. The molecule has 5 nitrogen and oxygen atoms in total. The molecule has 0 unspecified atom stereocenters. The lowest BCUT2D eigenvalue weighted by molar-refractivity contribution is -0.123. The van der Waals surface area contributed by atoms with Gasteiger partial charge in [-0.25, -0.2) is 9.18 Å². The highest BCUT2D eigenvalue weighted by atomic mass is 19.1. The maximum Gasteiger partial charge on any atom is 0.329 e. The first-order chi connectivity index (χ1) is 12.6. The first-order valence-corrected chi connectivity index (χ1v) is 7.82. The van der Waals surface area contributed by atoms with Crippen LogP contribution >= 0.6 is 0 Å². The largest absolute Gasteiger partial charge is 0.481 e.